The van der Waals surface area contributed by atoms with E-state index in [1.807, 2.05) is 0 Å². The molecule has 2 aromatic rings. The molecule has 1 aliphatic heterocycles. The topological polar surface area (TPSA) is 246 Å². The normalized spacial score (nSPS) is 15.3. The molecule has 0 radical (unpaired) electrons. The first kappa shape index (κ1) is 56.9. The standard InChI is InChI=1S/C50H73N5O14/c1-12-13-14-15-16-17-18-19-25-55(45(62)67-48(2,3)4)26-24-39(56)51-31-41(58)54(11)42-33-21-23-38(66-47(64)69-50(8,9)10)35(29-33)34-27-32(20-22-37(34)65-46(63)68-49(5,6)7)28-36(44(60)61)53-40(57)30-52-43(42)59/h20-23,27,29,36,42H,12-19,24-26,28,30-31H2,1-11H3,(H,51,56)(H,52,59)(H,53,57)(H,60,61). The highest BCUT2D eigenvalue weighted by molar-refractivity contribution is 5.94. The summed E-state index contributed by atoms with van der Waals surface area (Å²) in [7, 11) is 1.30. The van der Waals surface area contributed by atoms with Crippen molar-refractivity contribution in [1.82, 2.24) is 25.8 Å². The van der Waals surface area contributed by atoms with Crippen LogP contribution in [-0.4, -0.2) is 119 Å². The number of benzene rings is 2. The van der Waals surface area contributed by atoms with Gasteiger partial charge in [-0.15, -0.1) is 0 Å². The van der Waals surface area contributed by atoms with Crippen LogP contribution in [0.2, 0.25) is 0 Å². The van der Waals surface area contributed by atoms with E-state index in [2.05, 4.69) is 22.9 Å². The molecule has 5 amide bonds. The Morgan fingerprint density at radius 3 is 1.81 bits per heavy atom. The maximum absolute atomic E-state index is 14.2. The molecule has 0 aliphatic carbocycles. The van der Waals surface area contributed by atoms with Crippen molar-refractivity contribution in [1.29, 1.82) is 0 Å². The van der Waals surface area contributed by atoms with E-state index in [0.717, 1.165) is 37.0 Å². The number of carbonyl (C=O) groups excluding carboxylic acids is 7. The largest absolute Gasteiger partial charge is 0.514 e. The fraction of sp³-hybridized carbons (Fsp3) is 0.600. The Morgan fingerprint density at radius 1 is 0.725 bits per heavy atom. The number of carbonyl (C=O) groups is 8. The van der Waals surface area contributed by atoms with Crippen LogP contribution >= 0.6 is 0 Å². The lowest BCUT2D eigenvalue weighted by atomic mass is 9.94. The van der Waals surface area contributed by atoms with Gasteiger partial charge in [-0.05, 0) is 104 Å². The van der Waals surface area contributed by atoms with Crippen molar-refractivity contribution in [2.45, 2.75) is 162 Å². The molecule has 4 N–H and O–H groups in total. The molecule has 382 valence electrons. The zero-order valence-corrected chi connectivity index (χ0v) is 42.2. The smallest absolute Gasteiger partial charge is 0.480 e. The summed E-state index contributed by atoms with van der Waals surface area (Å²) in [5, 5.41) is 17.5. The number of carboxylic acids is 1. The molecule has 0 fully saturated rings. The number of fused-ring (bicyclic) bond motifs is 5. The molecule has 0 spiro atoms. The molecule has 0 saturated carbocycles. The number of ether oxygens (including phenoxy) is 5. The molecule has 1 heterocycles. The third kappa shape index (κ3) is 20.4. The molecule has 3 rings (SSSR count). The van der Waals surface area contributed by atoms with Crippen molar-refractivity contribution in [3.05, 3.63) is 47.5 Å². The fourth-order valence-electron chi connectivity index (χ4n) is 7.06. The summed E-state index contributed by atoms with van der Waals surface area (Å²) in [4.78, 5) is 109. The number of nitrogens with zero attached hydrogens (tertiary/aromatic N) is 2. The minimum Gasteiger partial charge on any atom is -0.480 e. The van der Waals surface area contributed by atoms with E-state index >= 15 is 0 Å². The molecule has 69 heavy (non-hydrogen) atoms. The Hall–Kier alpha value is -6.40. The highest BCUT2D eigenvalue weighted by Gasteiger charge is 2.33. The maximum Gasteiger partial charge on any atom is 0.514 e. The molecular weight excluding hydrogens is 895 g/mol. The molecule has 1 aliphatic rings. The Labute approximate surface area is 405 Å². The van der Waals surface area contributed by atoms with Crippen LogP contribution in [0.1, 0.15) is 144 Å². The van der Waals surface area contributed by atoms with Gasteiger partial charge in [0.1, 0.15) is 40.4 Å². The number of hydrogen-bond donors (Lipinski definition) is 4. The first-order chi connectivity index (χ1) is 32.2. The third-order valence-electron chi connectivity index (χ3n) is 10.3. The van der Waals surface area contributed by atoms with Crippen LogP contribution in [0.15, 0.2) is 36.4 Å². The zero-order chi connectivity index (χ0) is 51.7. The minimum absolute atomic E-state index is 0.0262. The van der Waals surface area contributed by atoms with Crippen LogP contribution in [0, 0.1) is 0 Å². The number of likely N-dealkylation sites (N-methyl/N-ethyl adjacent to an activating group) is 1. The second-order valence-electron chi connectivity index (χ2n) is 20.0. The van der Waals surface area contributed by atoms with Gasteiger partial charge in [0.05, 0.1) is 13.1 Å². The highest BCUT2D eigenvalue weighted by atomic mass is 16.7. The van der Waals surface area contributed by atoms with E-state index in [0.29, 0.717) is 12.1 Å². The van der Waals surface area contributed by atoms with Crippen molar-refractivity contribution in [2.24, 2.45) is 0 Å². The number of aliphatic carboxylic acids is 1. The molecule has 2 aromatic carbocycles. The van der Waals surface area contributed by atoms with Crippen molar-refractivity contribution in [3.8, 4) is 22.6 Å². The lowest BCUT2D eigenvalue weighted by molar-refractivity contribution is -0.142. The van der Waals surface area contributed by atoms with Gasteiger partial charge in [0.15, 0.2) is 0 Å². The van der Waals surface area contributed by atoms with Crippen LogP contribution < -0.4 is 25.4 Å². The average Bonchev–Trinajstić information content (AvgIpc) is 3.22. The van der Waals surface area contributed by atoms with E-state index < -0.39 is 90.0 Å². The second-order valence-corrected chi connectivity index (χ2v) is 20.0. The minimum atomic E-state index is -1.53. The number of rotatable bonds is 18. The lowest BCUT2D eigenvalue weighted by Gasteiger charge is -2.29. The van der Waals surface area contributed by atoms with Crippen LogP contribution in [0.3, 0.4) is 0 Å². The molecule has 19 heteroatoms. The Kier molecular flexibility index (Phi) is 21.3. The SMILES string of the molecule is CCCCCCCCCCN(CCC(=O)NCC(=O)N(C)C1C(=O)NCC(=O)NC(C(=O)O)Cc2ccc(OC(=O)OC(C)(C)C)c(c2)-c2cc1ccc2OC(=O)OC(C)(C)C)C(=O)OC(C)(C)C. The summed E-state index contributed by atoms with van der Waals surface area (Å²) in [5.74, 6) is -4.67. The van der Waals surface area contributed by atoms with Crippen molar-refractivity contribution in [2.75, 3.05) is 33.2 Å². The van der Waals surface area contributed by atoms with Gasteiger partial charge in [0.25, 0.3) is 0 Å². The predicted molar refractivity (Wildman–Crippen MR) is 255 cm³/mol. The van der Waals surface area contributed by atoms with E-state index in [1.165, 1.54) is 67.6 Å². The van der Waals surface area contributed by atoms with Gasteiger partial charge in [-0.1, -0.05) is 64.0 Å². The van der Waals surface area contributed by atoms with Crippen molar-refractivity contribution < 1.29 is 67.1 Å². The summed E-state index contributed by atoms with van der Waals surface area (Å²) in [6.45, 7) is 16.4. The summed E-state index contributed by atoms with van der Waals surface area (Å²) in [5.41, 5.74) is -2.14. The van der Waals surface area contributed by atoms with Gasteiger partial charge in [-0.25, -0.2) is 19.2 Å². The van der Waals surface area contributed by atoms with E-state index in [-0.39, 0.29) is 47.6 Å². The molecule has 4 bridgehead atoms. The van der Waals surface area contributed by atoms with E-state index in [9.17, 15) is 43.5 Å². The van der Waals surface area contributed by atoms with Gasteiger partial charge in [0, 0.05) is 44.1 Å². The van der Waals surface area contributed by atoms with Crippen LogP contribution in [0.4, 0.5) is 14.4 Å². The summed E-state index contributed by atoms with van der Waals surface area (Å²) < 4.78 is 27.8. The zero-order valence-electron chi connectivity index (χ0n) is 42.2. The van der Waals surface area contributed by atoms with Crippen LogP contribution in [0.25, 0.3) is 11.1 Å². The Bertz CT molecular complexity index is 2140. The average molecular weight is 968 g/mol. The number of carboxylic acid groups (broad SMARTS) is 1. The molecule has 2 atom stereocenters. The highest BCUT2D eigenvalue weighted by Crippen LogP contribution is 2.40. The van der Waals surface area contributed by atoms with E-state index in [1.54, 1.807) is 62.3 Å². The van der Waals surface area contributed by atoms with Crippen LogP contribution in [0.5, 0.6) is 11.5 Å². The summed E-state index contributed by atoms with van der Waals surface area (Å²) in [6, 6.07) is 5.45. The van der Waals surface area contributed by atoms with E-state index in [4.69, 9.17) is 23.7 Å². The Morgan fingerprint density at radius 2 is 1.26 bits per heavy atom. The molecule has 2 unspecified atom stereocenters. The van der Waals surface area contributed by atoms with Gasteiger partial charge in [0.2, 0.25) is 23.6 Å². The van der Waals surface area contributed by atoms with Gasteiger partial charge < -0.3 is 54.5 Å². The predicted octanol–water partition coefficient (Wildman–Crippen LogP) is 7.61. The summed E-state index contributed by atoms with van der Waals surface area (Å²) in [6.07, 6.45) is 5.33. The second kappa shape index (κ2) is 25.8. The first-order valence-corrected chi connectivity index (χ1v) is 23.6. The van der Waals surface area contributed by atoms with Gasteiger partial charge in [-0.2, -0.15) is 0 Å². The monoisotopic (exact) mass is 968 g/mol. The maximum atomic E-state index is 14.2. The molecule has 0 aromatic heterocycles. The fourth-order valence-corrected chi connectivity index (χ4v) is 7.06. The molecular formula is C50H73N5O14. The third-order valence-corrected chi connectivity index (χ3v) is 10.3. The number of unbranched alkanes of at least 4 members (excludes halogenated alkanes) is 7. The lowest BCUT2D eigenvalue weighted by Crippen LogP contribution is -2.49. The number of amides is 5. The first-order valence-electron chi connectivity index (χ1n) is 23.6. The van der Waals surface area contributed by atoms with Gasteiger partial charge in [-0.3, -0.25) is 19.2 Å². The molecule has 0 saturated heterocycles. The van der Waals surface area contributed by atoms with Crippen molar-refractivity contribution >= 4 is 48.0 Å². The quantitative estimate of drug-likeness (QED) is 0.0486. The summed E-state index contributed by atoms with van der Waals surface area (Å²) >= 11 is 0. The van der Waals surface area contributed by atoms with Gasteiger partial charge >= 0.3 is 24.4 Å². The number of hydrogen-bond acceptors (Lipinski definition) is 13. The Balaban J connectivity index is 2.01. The molecule has 19 nitrogen and oxygen atoms in total. The number of nitrogens with one attached hydrogen (secondary N) is 3. The van der Waals surface area contributed by atoms with Crippen LogP contribution in [-0.2, 0) is 44.6 Å². The van der Waals surface area contributed by atoms with Crippen molar-refractivity contribution in [3.63, 3.8) is 0 Å².